The molecule has 23 heavy (non-hydrogen) atoms. The van der Waals surface area contributed by atoms with Gasteiger partial charge in [0.1, 0.15) is 0 Å². The third-order valence-corrected chi connectivity index (χ3v) is 3.65. The van der Waals surface area contributed by atoms with Crippen LogP contribution in [0.4, 0.5) is 5.69 Å². The first kappa shape index (κ1) is 15.1. The van der Waals surface area contributed by atoms with Gasteiger partial charge in [0.05, 0.1) is 23.3 Å². The van der Waals surface area contributed by atoms with E-state index < -0.39 is 0 Å². The van der Waals surface area contributed by atoms with Crippen LogP contribution in [0.3, 0.4) is 0 Å². The topological polar surface area (TPSA) is 73.2 Å². The van der Waals surface area contributed by atoms with Gasteiger partial charge in [-0.15, -0.1) is 0 Å². The fraction of sp³-hybridized carbons (Fsp3) is 0.294. The molecule has 0 aliphatic carbocycles. The molecule has 1 amide bonds. The summed E-state index contributed by atoms with van der Waals surface area (Å²) in [6.07, 6.45) is 1.56. The minimum Gasteiger partial charge on any atom is -0.461 e. The SMILES string of the molecule is Cc1nn(C(C)C)c(C)c1NC(=O)c1ccc(-c2ccco2)o1. The van der Waals surface area contributed by atoms with E-state index in [0.717, 1.165) is 17.1 Å². The molecule has 1 N–H and O–H groups in total. The number of aryl methyl sites for hydroxylation is 1. The standard InChI is InChI=1S/C17H19N3O3/c1-10(2)20-12(4)16(11(3)19-20)18-17(21)15-8-7-14(23-15)13-6-5-9-22-13/h5-10H,1-4H3,(H,18,21). The van der Waals surface area contributed by atoms with Crippen molar-refractivity contribution in [1.82, 2.24) is 9.78 Å². The van der Waals surface area contributed by atoms with Crippen LogP contribution in [0, 0.1) is 13.8 Å². The molecule has 0 saturated heterocycles. The van der Waals surface area contributed by atoms with E-state index in [1.54, 1.807) is 30.5 Å². The molecule has 3 heterocycles. The zero-order valence-corrected chi connectivity index (χ0v) is 13.6. The maximum atomic E-state index is 12.4. The quantitative estimate of drug-likeness (QED) is 0.784. The van der Waals surface area contributed by atoms with E-state index in [9.17, 15) is 4.79 Å². The summed E-state index contributed by atoms with van der Waals surface area (Å²) in [5.41, 5.74) is 2.42. The number of carbonyl (C=O) groups excluding carboxylic acids is 1. The predicted octanol–water partition coefficient (Wildman–Crippen LogP) is 4.19. The number of rotatable bonds is 4. The van der Waals surface area contributed by atoms with Crippen LogP contribution >= 0.6 is 0 Å². The second-order valence-electron chi connectivity index (χ2n) is 5.68. The van der Waals surface area contributed by atoms with Gasteiger partial charge in [0.25, 0.3) is 5.91 Å². The summed E-state index contributed by atoms with van der Waals surface area (Å²) in [6.45, 7) is 7.91. The Bertz CT molecular complexity index is 826. The highest BCUT2D eigenvalue weighted by Crippen LogP contribution is 2.25. The van der Waals surface area contributed by atoms with Gasteiger partial charge in [0, 0.05) is 6.04 Å². The lowest BCUT2D eigenvalue weighted by Crippen LogP contribution is -2.12. The van der Waals surface area contributed by atoms with E-state index >= 15 is 0 Å². The average Bonchev–Trinajstić information content (AvgIpc) is 3.22. The molecule has 3 rings (SSSR count). The molecule has 6 heteroatoms. The van der Waals surface area contributed by atoms with Gasteiger partial charge < -0.3 is 14.2 Å². The molecular weight excluding hydrogens is 294 g/mol. The van der Waals surface area contributed by atoms with Crippen LogP contribution in [-0.2, 0) is 0 Å². The van der Waals surface area contributed by atoms with Crippen LogP contribution in [0.2, 0.25) is 0 Å². The van der Waals surface area contributed by atoms with Gasteiger partial charge in [-0.05, 0) is 52.0 Å². The third-order valence-electron chi connectivity index (χ3n) is 3.65. The van der Waals surface area contributed by atoms with Crippen LogP contribution in [0.5, 0.6) is 0 Å². The molecule has 0 saturated carbocycles. The van der Waals surface area contributed by atoms with E-state index in [1.165, 1.54) is 0 Å². The molecule has 0 atom stereocenters. The van der Waals surface area contributed by atoms with Crippen LogP contribution in [0.25, 0.3) is 11.5 Å². The maximum absolute atomic E-state index is 12.4. The zero-order valence-electron chi connectivity index (χ0n) is 13.6. The molecule has 6 nitrogen and oxygen atoms in total. The highest BCUT2D eigenvalue weighted by atomic mass is 16.4. The van der Waals surface area contributed by atoms with E-state index in [4.69, 9.17) is 8.83 Å². The molecule has 0 aromatic carbocycles. The summed E-state index contributed by atoms with van der Waals surface area (Å²) >= 11 is 0. The Morgan fingerprint density at radius 3 is 2.61 bits per heavy atom. The first-order valence-corrected chi connectivity index (χ1v) is 7.48. The normalized spacial score (nSPS) is 11.2. The van der Waals surface area contributed by atoms with Crippen molar-refractivity contribution in [2.24, 2.45) is 0 Å². The zero-order chi connectivity index (χ0) is 16.6. The highest BCUT2D eigenvalue weighted by Gasteiger charge is 2.19. The maximum Gasteiger partial charge on any atom is 0.291 e. The summed E-state index contributed by atoms with van der Waals surface area (Å²) in [5, 5.41) is 7.34. The van der Waals surface area contributed by atoms with Crippen LogP contribution in [0.1, 0.15) is 41.8 Å². The van der Waals surface area contributed by atoms with E-state index in [-0.39, 0.29) is 17.7 Å². The fourth-order valence-corrected chi connectivity index (χ4v) is 2.53. The third kappa shape index (κ3) is 2.79. The minimum absolute atomic E-state index is 0.229. The second kappa shape index (κ2) is 5.79. The van der Waals surface area contributed by atoms with Crippen molar-refractivity contribution in [2.75, 3.05) is 5.32 Å². The number of amides is 1. The average molecular weight is 313 g/mol. The van der Waals surface area contributed by atoms with Gasteiger partial charge in [0.15, 0.2) is 17.3 Å². The Balaban J connectivity index is 1.83. The fourth-order valence-electron chi connectivity index (χ4n) is 2.53. The number of nitrogens with one attached hydrogen (secondary N) is 1. The van der Waals surface area contributed by atoms with E-state index in [0.29, 0.717) is 11.5 Å². The Morgan fingerprint density at radius 2 is 2.00 bits per heavy atom. The number of aromatic nitrogens is 2. The lowest BCUT2D eigenvalue weighted by atomic mass is 10.3. The smallest absolute Gasteiger partial charge is 0.291 e. The number of hydrogen-bond acceptors (Lipinski definition) is 4. The molecule has 0 radical (unpaired) electrons. The number of anilines is 1. The lowest BCUT2D eigenvalue weighted by Gasteiger charge is -2.08. The molecule has 3 aromatic rings. The Kier molecular flexibility index (Phi) is 3.82. The number of hydrogen-bond donors (Lipinski definition) is 1. The molecule has 0 aliphatic rings. The van der Waals surface area contributed by atoms with Crippen LogP contribution < -0.4 is 5.32 Å². The second-order valence-corrected chi connectivity index (χ2v) is 5.68. The van der Waals surface area contributed by atoms with Crippen LogP contribution in [0.15, 0.2) is 39.4 Å². The molecule has 3 aromatic heterocycles. The van der Waals surface area contributed by atoms with Gasteiger partial charge in [-0.1, -0.05) is 0 Å². The highest BCUT2D eigenvalue weighted by molar-refractivity contribution is 6.03. The Morgan fingerprint density at radius 1 is 1.22 bits per heavy atom. The van der Waals surface area contributed by atoms with Crippen molar-refractivity contribution in [2.45, 2.75) is 33.7 Å². The largest absolute Gasteiger partial charge is 0.461 e. The summed E-state index contributed by atoms with van der Waals surface area (Å²) in [7, 11) is 0. The van der Waals surface area contributed by atoms with Gasteiger partial charge >= 0.3 is 0 Å². The summed E-state index contributed by atoms with van der Waals surface area (Å²) in [4.78, 5) is 12.4. The summed E-state index contributed by atoms with van der Waals surface area (Å²) in [6, 6.07) is 7.12. The monoisotopic (exact) mass is 313 g/mol. The van der Waals surface area contributed by atoms with Crippen molar-refractivity contribution in [3.8, 4) is 11.5 Å². The molecule has 0 unspecified atom stereocenters. The molecule has 0 aliphatic heterocycles. The van der Waals surface area contributed by atoms with E-state index in [1.807, 2.05) is 32.4 Å². The van der Waals surface area contributed by atoms with Crippen molar-refractivity contribution in [3.63, 3.8) is 0 Å². The lowest BCUT2D eigenvalue weighted by molar-refractivity contribution is 0.0997. The number of furan rings is 2. The molecule has 120 valence electrons. The van der Waals surface area contributed by atoms with Crippen molar-refractivity contribution in [3.05, 3.63) is 47.7 Å². The molecule has 0 fully saturated rings. The first-order chi connectivity index (χ1) is 11.0. The molecule has 0 bridgehead atoms. The van der Waals surface area contributed by atoms with Gasteiger partial charge in [-0.2, -0.15) is 5.10 Å². The number of nitrogens with zero attached hydrogens (tertiary/aromatic N) is 2. The van der Waals surface area contributed by atoms with Gasteiger partial charge in [-0.3, -0.25) is 9.48 Å². The Labute approximate surface area is 134 Å². The van der Waals surface area contributed by atoms with E-state index in [2.05, 4.69) is 10.4 Å². The molecule has 0 spiro atoms. The van der Waals surface area contributed by atoms with Crippen molar-refractivity contribution < 1.29 is 13.6 Å². The summed E-state index contributed by atoms with van der Waals surface area (Å²) < 4.78 is 12.7. The van der Waals surface area contributed by atoms with Crippen molar-refractivity contribution in [1.29, 1.82) is 0 Å². The first-order valence-electron chi connectivity index (χ1n) is 7.48. The summed E-state index contributed by atoms with van der Waals surface area (Å²) in [5.74, 6) is 1.03. The Hall–Kier alpha value is -2.76. The van der Waals surface area contributed by atoms with Crippen molar-refractivity contribution >= 4 is 11.6 Å². The minimum atomic E-state index is -0.308. The molecular formula is C17H19N3O3. The number of carbonyl (C=O) groups is 1. The van der Waals surface area contributed by atoms with Gasteiger partial charge in [-0.25, -0.2) is 0 Å². The van der Waals surface area contributed by atoms with Crippen LogP contribution in [-0.4, -0.2) is 15.7 Å². The predicted molar refractivity (Wildman–Crippen MR) is 86.4 cm³/mol. The van der Waals surface area contributed by atoms with Gasteiger partial charge in [0.2, 0.25) is 0 Å².